The van der Waals surface area contributed by atoms with Gasteiger partial charge in [0.15, 0.2) is 10.7 Å². The minimum absolute atomic E-state index is 0.334. The minimum Gasteiger partial charge on any atom is -0.354 e. The van der Waals surface area contributed by atoms with Crippen molar-refractivity contribution in [2.75, 3.05) is 0 Å². The molecule has 2 aromatic heterocycles. The fourth-order valence-electron chi connectivity index (χ4n) is 0.908. The second kappa shape index (κ2) is 2.17. The van der Waals surface area contributed by atoms with Crippen molar-refractivity contribution in [1.82, 2.24) is 15.4 Å². The second-order valence-corrected chi connectivity index (χ2v) is 2.50. The number of hydrogen-bond acceptors (Lipinski definition) is 4. The van der Waals surface area contributed by atoms with Crippen LogP contribution in [-0.4, -0.2) is 15.4 Å². The third-order valence-corrected chi connectivity index (χ3v) is 1.68. The fraction of sp³-hybridized carbons (Fsp3) is 0.167. The van der Waals surface area contributed by atoms with E-state index in [0.29, 0.717) is 10.7 Å². The van der Waals surface area contributed by atoms with E-state index in [1.54, 1.807) is 6.92 Å². The maximum atomic E-state index is 5.73. The zero-order chi connectivity index (χ0) is 7.84. The average Bonchev–Trinajstić information content (AvgIpc) is 2.34. The molecule has 4 nitrogen and oxygen atoms in total. The lowest BCUT2D eigenvalue weighted by Crippen LogP contribution is -1.81. The Kier molecular flexibility index (Phi) is 1.29. The normalized spacial score (nSPS) is 10.7. The van der Waals surface area contributed by atoms with Crippen molar-refractivity contribution in [2.24, 2.45) is 0 Å². The molecular weight excluding hydrogens is 166 g/mol. The summed E-state index contributed by atoms with van der Waals surface area (Å²) in [6.45, 7) is 1.80. The van der Waals surface area contributed by atoms with Gasteiger partial charge in [0.2, 0.25) is 0 Å². The van der Waals surface area contributed by atoms with Crippen molar-refractivity contribution in [3.63, 3.8) is 0 Å². The molecule has 5 heteroatoms. The van der Waals surface area contributed by atoms with E-state index in [2.05, 4.69) is 15.4 Å². The molecule has 0 aromatic carbocycles. The summed E-state index contributed by atoms with van der Waals surface area (Å²) in [4.78, 5) is 0. The molecule has 0 unspecified atom stereocenters. The van der Waals surface area contributed by atoms with E-state index in [0.717, 1.165) is 11.1 Å². The molecule has 0 radical (unpaired) electrons. The molecule has 0 saturated heterocycles. The van der Waals surface area contributed by atoms with Crippen LogP contribution in [0.5, 0.6) is 0 Å². The number of fused-ring (bicyclic) bond motifs is 1. The lowest BCUT2D eigenvalue weighted by molar-refractivity contribution is 0.449. The third kappa shape index (κ3) is 0.867. The Balaban J connectivity index is 2.96. The Hall–Kier alpha value is -1.16. The van der Waals surface area contributed by atoms with Crippen LogP contribution in [0.15, 0.2) is 10.7 Å². The maximum Gasteiger partial charge on any atom is 0.190 e. The second-order valence-electron chi connectivity index (χ2n) is 2.14. The number of rotatable bonds is 0. The van der Waals surface area contributed by atoms with E-state index >= 15 is 0 Å². The summed E-state index contributed by atoms with van der Waals surface area (Å²) in [6, 6.07) is 0. The van der Waals surface area contributed by atoms with Gasteiger partial charge >= 0.3 is 0 Å². The van der Waals surface area contributed by atoms with Crippen LogP contribution >= 0.6 is 11.6 Å². The summed E-state index contributed by atoms with van der Waals surface area (Å²) in [5.41, 5.74) is 1.31. The first-order valence-electron chi connectivity index (χ1n) is 3.02. The standard InChI is InChI=1S/C6H4ClN3O/c1-3-5-4(11-10-3)2-8-9-6(5)7/h2H,1H3. The highest BCUT2D eigenvalue weighted by Crippen LogP contribution is 2.22. The molecule has 0 aliphatic heterocycles. The van der Waals surface area contributed by atoms with Crippen LogP contribution in [0.25, 0.3) is 11.0 Å². The monoisotopic (exact) mass is 169 g/mol. The highest BCUT2D eigenvalue weighted by atomic mass is 35.5. The Bertz CT molecular complexity index is 398. The summed E-state index contributed by atoms with van der Waals surface area (Å²) < 4.78 is 4.89. The zero-order valence-electron chi connectivity index (χ0n) is 5.71. The molecule has 56 valence electrons. The third-order valence-electron chi connectivity index (χ3n) is 1.42. The number of halogens is 1. The van der Waals surface area contributed by atoms with E-state index in [-0.39, 0.29) is 0 Å². The lowest BCUT2D eigenvalue weighted by atomic mass is 10.3. The predicted octanol–water partition coefficient (Wildman–Crippen LogP) is 1.58. The number of nitrogens with zero attached hydrogens (tertiary/aromatic N) is 3. The van der Waals surface area contributed by atoms with Gasteiger partial charge in [-0.1, -0.05) is 16.8 Å². The largest absolute Gasteiger partial charge is 0.354 e. The highest BCUT2D eigenvalue weighted by Gasteiger charge is 2.08. The van der Waals surface area contributed by atoms with Crippen molar-refractivity contribution in [1.29, 1.82) is 0 Å². The molecule has 0 spiro atoms. The van der Waals surface area contributed by atoms with Crippen molar-refractivity contribution in [3.8, 4) is 0 Å². The first kappa shape index (κ1) is 6.54. The van der Waals surface area contributed by atoms with Crippen LogP contribution in [0.2, 0.25) is 5.15 Å². The maximum absolute atomic E-state index is 5.73. The Morgan fingerprint density at radius 3 is 3.09 bits per heavy atom. The summed E-state index contributed by atoms with van der Waals surface area (Å²) >= 11 is 5.73. The van der Waals surface area contributed by atoms with Gasteiger partial charge < -0.3 is 4.52 Å². The van der Waals surface area contributed by atoms with Crippen molar-refractivity contribution < 1.29 is 4.52 Å². The summed E-state index contributed by atoms with van der Waals surface area (Å²) in [5, 5.41) is 12.1. The first-order valence-corrected chi connectivity index (χ1v) is 3.40. The van der Waals surface area contributed by atoms with Gasteiger partial charge in [-0.25, -0.2) is 0 Å². The van der Waals surface area contributed by atoms with Crippen LogP contribution in [0.4, 0.5) is 0 Å². The quantitative estimate of drug-likeness (QED) is 0.601. The van der Waals surface area contributed by atoms with E-state index in [1.807, 2.05) is 0 Å². The average molecular weight is 170 g/mol. The Morgan fingerprint density at radius 2 is 2.36 bits per heavy atom. The minimum atomic E-state index is 0.334. The van der Waals surface area contributed by atoms with Gasteiger partial charge in [-0.3, -0.25) is 0 Å². The SMILES string of the molecule is Cc1noc2cnnc(Cl)c12. The number of hydrogen-bond donors (Lipinski definition) is 0. The number of aryl methyl sites for hydroxylation is 1. The van der Waals surface area contributed by atoms with Gasteiger partial charge in [-0.15, -0.1) is 5.10 Å². The molecule has 0 aliphatic rings. The summed E-state index contributed by atoms with van der Waals surface area (Å²) in [6.07, 6.45) is 1.49. The summed E-state index contributed by atoms with van der Waals surface area (Å²) in [5.74, 6) is 0. The van der Waals surface area contributed by atoms with Crippen LogP contribution in [-0.2, 0) is 0 Å². The van der Waals surface area contributed by atoms with Gasteiger partial charge in [-0.05, 0) is 6.92 Å². The van der Waals surface area contributed by atoms with E-state index in [4.69, 9.17) is 16.1 Å². The highest BCUT2D eigenvalue weighted by molar-refractivity contribution is 6.34. The molecule has 0 N–H and O–H groups in total. The zero-order valence-corrected chi connectivity index (χ0v) is 6.46. The molecule has 2 heterocycles. The smallest absolute Gasteiger partial charge is 0.190 e. The molecule has 0 atom stereocenters. The number of aromatic nitrogens is 3. The molecular formula is C6H4ClN3O. The summed E-state index contributed by atoms with van der Waals surface area (Å²) in [7, 11) is 0. The van der Waals surface area contributed by atoms with Crippen molar-refractivity contribution in [2.45, 2.75) is 6.92 Å². The lowest BCUT2D eigenvalue weighted by Gasteiger charge is -1.87. The molecule has 0 fully saturated rings. The van der Waals surface area contributed by atoms with Gasteiger partial charge in [0.05, 0.1) is 17.3 Å². The van der Waals surface area contributed by atoms with Crippen LogP contribution in [0.1, 0.15) is 5.69 Å². The molecule has 0 saturated carbocycles. The van der Waals surface area contributed by atoms with Crippen LogP contribution in [0.3, 0.4) is 0 Å². The molecule has 0 bridgehead atoms. The molecule has 0 aliphatic carbocycles. The van der Waals surface area contributed by atoms with E-state index < -0.39 is 0 Å². The topological polar surface area (TPSA) is 51.8 Å². The molecule has 2 aromatic rings. The van der Waals surface area contributed by atoms with Gasteiger partial charge in [0.1, 0.15) is 0 Å². The van der Waals surface area contributed by atoms with Gasteiger partial charge in [0, 0.05) is 0 Å². The van der Waals surface area contributed by atoms with Crippen molar-refractivity contribution in [3.05, 3.63) is 17.0 Å². The molecule has 2 rings (SSSR count). The first-order chi connectivity index (χ1) is 5.29. The van der Waals surface area contributed by atoms with Gasteiger partial charge in [0.25, 0.3) is 0 Å². The predicted molar refractivity (Wildman–Crippen MR) is 39.3 cm³/mol. The Morgan fingerprint density at radius 1 is 1.55 bits per heavy atom. The molecule has 0 amide bonds. The van der Waals surface area contributed by atoms with Crippen LogP contribution in [0, 0.1) is 6.92 Å². The Labute approximate surface area is 67.2 Å². The van der Waals surface area contributed by atoms with Crippen molar-refractivity contribution >= 4 is 22.6 Å². The fourth-order valence-corrected chi connectivity index (χ4v) is 1.18. The molecule has 11 heavy (non-hydrogen) atoms. The van der Waals surface area contributed by atoms with E-state index in [9.17, 15) is 0 Å². The van der Waals surface area contributed by atoms with E-state index in [1.165, 1.54) is 6.20 Å². The van der Waals surface area contributed by atoms with Crippen LogP contribution < -0.4 is 0 Å². The van der Waals surface area contributed by atoms with Gasteiger partial charge in [-0.2, -0.15) is 5.10 Å².